The summed E-state index contributed by atoms with van der Waals surface area (Å²) in [5.74, 6) is 1.64. The molecule has 3 rings (SSSR count). The number of ether oxygens (including phenoxy) is 3. The Balaban J connectivity index is 1.79. The molecule has 0 aliphatic carbocycles. The van der Waals surface area contributed by atoms with E-state index in [1.807, 2.05) is 12.1 Å². The molecule has 0 atom stereocenters. The summed E-state index contributed by atoms with van der Waals surface area (Å²) in [6, 6.07) is 8.96. The number of furan rings is 1. The van der Waals surface area contributed by atoms with Gasteiger partial charge < -0.3 is 18.6 Å². The highest BCUT2D eigenvalue weighted by molar-refractivity contribution is 6.07. The van der Waals surface area contributed by atoms with Crippen LogP contribution in [0.25, 0.3) is 6.08 Å². The Labute approximate surface area is 133 Å². The highest BCUT2D eigenvalue weighted by atomic mass is 16.6. The molecule has 0 bridgehead atoms. The molecule has 1 aliphatic heterocycles. The lowest BCUT2D eigenvalue weighted by molar-refractivity contribution is -0.130. The standard InChI is InChI=1S/C17H15NO5/c1-20-14-6-5-11(8-15(14)21-2)9-16-18-13(17(19)23-16)10-12-4-3-7-22-12/h3-8,10H,9H2,1-2H3/b13-10+. The van der Waals surface area contributed by atoms with E-state index in [1.165, 1.54) is 6.26 Å². The third-order valence-corrected chi connectivity index (χ3v) is 3.29. The first kappa shape index (κ1) is 14.9. The maximum absolute atomic E-state index is 11.8. The van der Waals surface area contributed by atoms with Crippen LogP contribution in [0.15, 0.2) is 51.7 Å². The monoisotopic (exact) mass is 313 g/mol. The van der Waals surface area contributed by atoms with Crippen molar-refractivity contribution in [3.63, 3.8) is 0 Å². The first-order valence-corrected chi connectivity index (χ1v) is 6.95. The van der Waals surface area contributed by atoms with Crippen molar-refractivity contribution >= 4 is 17.9 Å². The van der Waals surface area contributed by atoms with Gasteiger partial charge in [-0.15, -0.1) is 0 Å². The fourth-order valence-electron chi connectivity index (χ4n) is 2.20. The predicted molar refractivity (Wildman–Crippen MR) is 83.5 cm³/mol. The molecule has 1 aliphatic rings. The third-order valence-electron chi connectivity index (χ3n) is 3.29. The highest BCUT2D eigenvalue weighted by Crippen LogP contribution is 2.28. The lowest BCUT2D eigenvalue weighted by Gasteiger charge is -2.09. The van der Waals surface area contributed by atoms with E-state index in [9.17, 15) is 4.79 Å². The minimum absolute atomic E-state index is 0.218. The summed E-state index contributed by atoms with van der Waals surface area (Å²) in [5, 5.41) is 0. The van der Waals surface area contributed by atoms with Gasteiger partial charge in [0.05, 0.1) is 20.5 Å². The lowest BCUT2D eigenvalue weighted by atomic mass is 10.1. The predicted octanol–water partition coefficient (Wildman–Crippen LogP) is 2.84. The fraction of sp³-hybridized carbons (Fsp3) is 0.176. The minimum Gasteiger partial charge on any atom is -0.493 e. The van der Waals surface area contributed by atoms with Gasteiger partial charge in [-0.1, -0.05) is 6.07 Å². The molecule has 0 saturated heterocycles. The molecule has 0 saturated carbocycles. The van der Waals surface area contributed by atoms with E-state index < -0.39 is 5.97 Å². The Hall–Kier alpha value is -3.02. The quantitative estimate of drug-likeness (QED) is 0.627. The maximum atomic E-state index is 11.8. The molecule has 0 spiro atoms. The lowest BCUT2D eigenvalue weighted by Crippen LogP contribution is -2.07. The zero-order valence-electron chi connectivity index (χ0n) is 12.7. The zero-order chi connectivity index (χ0) is 16.2. The van der Waals surface area contributed by atoms with Crippen LogP contribution in [0.1, 0.15) is 11.3 Å². The topological polar surface area (TPSA) is 70.3 Å². The highest BCUT2D eigenvalue weighted by Gasteiger charge is 2.23. The van der Waals surface area contributed by atoms with Crippen LogP contribution in [0, 0.1) is 0 Å². The first-order chi connectivity index (χ1) is 11.2. The maximum Gasteiger partial charge on any atom is 0.363 e. The molecule has 2 aromatic rings. The average molecular weight is 313 g/mol. The smallest absolute Gasteiger partial charge is 0.363 e. The molecule has 6 heteroatoms. The number of hydrogen-bond acceptors (Lipinski definition) is 6. The Morgan fingerprint density at radius 2 is 2.00 bits per heavy atom. The fourth-order valence-corrected chi connectivity index (χ4v) is 2.20. The number of aliphatic imine (C=N–C) groups is 1. The van der Waals surface area contributed by atoms with Gasteiger partial charge in [0.1, 0.15) is 5.76 Å². The number of carbonyl (C=O) groups is 1. The molecule has 1 aromatic carbocycles. The molecule has 0 N–H and O–H groups in total. The summed E-state index contributed by atoms with van der Waals surface area (Å²) < 4.78 is 20.8. The van der Waals surface area contributed by atoms with Crippen molar-refractivity contribution in [2.75, 3.05) is 14.2 Å². The van der Waals surface area contributed by atoms with Gasteiger partial charge in [0, 0.05) is 12.5 Å². The number of nitrogens with zero attached hydrogens (tertiary/aromatic N) is 1. The van der Waals surface area contributed by atoms with Crippen molar-refractivity contribution in [1.29, 1.82) is 0 Å². The van der Waals surface area contributed by atoms with E-state index in [1.54, 1.807) is 38.5 Å². The Morgan fingerprint density at radius 3 is 2.70 bits per heavy atom. The molecule has 0 fully saturated rings. The summed E-state index contributed by atoms with van der Waals surface area (Å²) in [5.41, 5.74) is 1.11. The van der Waals surface area contributed by atoms with Gasteiger partial charge in [0.15, 0.2) is 17.2 Å². The van der Waals surface area contributed by atoms with Gasteiger partial charge >= 0.3 is 5.97 Å². The molecular formula is C17H15NO5. The molecule has 0 unspecified atom stereocenters. The van der Waals surface area contributed by atoms with Crippen molar-refractivity contribution < 1.29 is 23.4 Å². The van der Waals surface area contributed by atoms with Crippen LogP contribution in [0.4, 0.5) is 0 Å². The number of esters is 1. The second kappa shape index (κ2) is 6.39. The van der Waals surface area contributed by atoms with Gasteiger partial charge in [0.2, 0.25) is 5.90 Å². The molecule has 6 nitrogen and oxygen atoms in total. The molecular weight excluding hydrogens is 298 g/mol. The van der Waals surface area contributed by atoms with E-state index >= 15 is 0 Å². The van der Waals surface area contributed by atoms with Crippen molar-refractivity contribution in [2.45, 2.75) is 6.42 Å². The van der Waals surface area contributed by atoms with Crippen LogP contribution in [0.3, 0.4) is 0 Å². The van der Waals surface area contributed by atoms with Crippen molar-refractivity contribution in [2.24, 2.45) is 4.99 Å². The SMILES string of the molecule is COc1ccc(CC2=N/C(=C/c3ccco3)C(=O)O2)cc1OC. The van der Waals surface area contributed by atoms with Gasteiger partial charge in [-0.25, -0.2) is 9.79 Å². The largest absolute Gasteiger partial charge is 0.493 e. The summed E-state index contributed by atoms with van der Waals surface area (Å²) in [7, 11) is 3.14. The number of carbonyl (C=O) groups excluding carboxylic acids is 1. The first-order valence-electron chi connectivity index (χ1n) is 6.95. The van der Waals surface area contributed by atoms with E-state index in [2.05, 4.69) is 4.99 Å². The summed E-state index contributed by atoms with van der Waals surface area (Å²) >= 11 is 0. The number of methoxy groups -OCH3 is 2. The Bertz CT molecular complexity index is 774. The van der Waals surface area contributed by atoms with Crippen molar-refractivity contribution in [3.05, 3.63) is 53.6 Å². The number of rotatable bonds is 5. The average Bonchev–Trinajstić information content (AvgIpc) is 3.18. The van der Waals surface area contributed by atoms with Gasteiger partial charge in [-0.05, 0) is 29.8 Å². The third kappa shape index (κ3) is 3.26. The van der Waals surface area contributed by atoms with E-state index in [0.717, 1.165) is 5.56 Å². The Kier molecular flexibility index (Phi) is 4.14. The van der Waals surface area contributed by atoms with Crippen LogP contribution < -0.4 is 9.47 Å². The van der Waals surface area contributed by atoms with Crippen molar-refractivity contribution in [1.82, 2.24) is 0 Å². The van der Waals surface area contributed by atoms with E-state index in [-0.39, 0.29) is 5.70 Å². The van der Waals surface area contributed by atoms with Gasteiger partial charge in [-0.3, -0.25) is 0 Å². The Morgan fingerprint density at radius 1 is 1.17 bits per heavy atom. The molecule has 2 heterocycles. The summed E-state index contributed by atoms with van der Waals surface area (Å²) in [4.78, 5) is 16.0. The number of benzene rings is 1. The van der Waals surface area contributed by atoms with E-state index in [4.69, 9.17) is 18.6 Å². The number of hydrogen-bond donors (Lipinski definition) is 0. The van der Waals surface area contributed by atoms with Crippen LogP contribution in [0.2, 0.25) is 0 Å². The number of cyclic esters (lactones) is 1. The van der Waals surface area contributed by atoms with Crippen molar-refractivity contribution in [3.8, 4) is 11.5 Å². The van der Waals surface area contributed by atoms with Gasteiger partial charge in [0.25, 0.3) is 0 Å². The second-order valence-corrected chi connectivity index (χ2v) is 4.81. The zero-order valence-corrected chi connectivity index (χ0v) is 12.7. The molecule has 1 aromatic heterocycles. The minimum atomic E-state index is -0.489. The van der Waals surface area contributed by atoms with Crippen LogP contribution in [0.5, 0.6) is 11.5 Å². The molecule has 23 heavy (non-hydrogen) atoms. The summed E-state index contributed by atoms with van der Waals surface area (Å²) in [6.07, 6.45) is 3.45. The molecule has 0 amide bonds. The normalized spacial score (nSPS) is 15.5. The molecule has 0 radical (unpaired) electrons. The van der Waals surface area contributed by atoms with Crippen LogP contribution in [-0.2, 0) is 16.0 Å². The summed E-state index contributed by atoms with van der Waals surface area (Å²) in [6.45, 7) is 0. The molecule has 118 valence electrons. The van der Waals surface area contributed by atoms with Crippen LogP contribution in [-0.4, -0.2) is 26.1 Å². The van der Waals surface area contributed by atoms with Crippen LogP contribution >= 0.6 is 0 Å². The second-order valence-electron chi connectivity index (χ2n) is 4.81. The van der Waals surface area contributed by atoms with Gasteiger partial charge in [-0.2, -0.15) is 0 Å². The van der Waals surface area contributed by atoms with E-state index in [0.29, 0.717) is 29.6 Å².